The fraction of sp³-hybridized carbons (Fsp3) is 0.182. The smallest absolute Gasteiger partial charge is 0.282 e. The Morgan fingerprint density at radius 2 is 1.79 bits per heavy atom. The van der Waals surface area contributed by atoms with Crippen LogP contribution >= 0.6 is 11.8 Å². The molecule has 146 valence electrons. The van der Waals surface area contributed by atoms with E-state index in [1.165, 1.54) is 23.5 Å². The summed E-state index contributed by atoms with van der Waals surface area (Å²) in [5, 5.41) is 0.641. The number of benzene rings is 2. The van der Waals surface area contributed by atoms with Crippen molar-refractivity contribution in [1.82, 2.24) is 19.5 Å². The molecule has 0 aliphatic heterocycles. The highest BCUT2D eigenvalue weighted by Crippen LogP contribution is 2.23. The standard InChI is InChI=1S/C22H20N4O2S/c1-28-18-9-5-8-17(14-18)15-29-22-25-20-19(23-11-12-24-20)21(27)26(22)13-10-16-6-3-2-4-7-16/h2-9,11-12,14H,10,13,15H2,1H3. The van der Waals surface area contributed by atoms with Crippen molar-refractivity contribution < 1.29 is 4.74 Å². The largest absolute Gasteiger partial charge is 0.497 e. The molecule has 6 nitrogen and oxygen atoms in total. The molecule has 2 heterocycles. The van der Waals surface area contributed by atoms with Crippen LogP contribution < -0.4 is 10.3 Å². The molecule has 0 saturated heterocycles. The molecule has 7 heteroatoms. The van der Waals surface area contributed by atoms with Crippen LogP contribution in [0.15, 0.2) is 76.9 Å². The number of methoxy groups -OCH3 is 1. The minimum Gasteiger partial charge on any atom is -0.497 e. The minimum absolute atomic E-state index is 0.160. The Morgan fingerprint density at radius 1 is 1.00 bits per heavy atom. The van der Waals surface area contributed by atoms with Crippen LogP contribution in [0.1, 0.15) is 11.1 Å². The maximum Gasteiger partial charge on any atom is 0.282 e. The highest BCUT2D eigenvalue weighted by Gasteiger charge is 2.13. The van der Waals surface area contributed by atoms with Crippen LogP contribution in [0.4, 0.5) is 0 Å². The zero-order valence-corrected chi connectivity index (χ0v) is 16.8. The van der Waals surface area contributed by atoms with Crippen molar-refractivity contribution in [3.8, 4) is 5.75 Å². The first-order valence-corrected chi connectivity index (χ1v) is 10.2. The van der Waals surface area contributed by atoms with E-state index in [1.54, 1.807) is 17.9 Å². The number of fused-ring (bicyclic) bond motifs is 1. The minimum atomic E-state index is -0.160. The number of ether oxygens (including phenoxy) is 1. The maximum absolute atomic E-state index is 13.1. The number of hydrogen-bond donors (Lipinski definition) is 0. The summed E-state index contributed by atoms with van der Waals surface area (Å²) in [6, 6.07) is 18.0. The predicted octanol–water partition coefficient (Wildman–Crippen LogP) is 3.73. The van der Waals surface area contributed by atoms with Crippen LogP contribution in [0.25, 0.3) is 11.2 Å². The normalized spacial score (nSPS) is 10.9. The van der Waals surface area contributed by atoms with E-state index >= 15 is 0 Å². The van der Waals surface area contributed by atoms with Gasteiger partial charge in [-0.2, -0.15) is 0 Å². The molecule has 0 bridgehead atoms. The molecule has 4 rings (SSSR count). The Bertz CT molecular complexity index is 1180. The molecular weight excluding hydrogens is 384 g/mol. The summed E-state index contributed by atoms with van der Waals surface area (Å²) in [6.07, 6.45) is 3.82. The molecule has 0 saturated carbocycles. The van der Waals surface area contributed by atoms with Gasteiger partial charge in [0.1, 0.15) is 5.75 Å². The molecule has 0 unspecified atom stereocenters. The monoisotopic (exact) mass is 404 g/mol. The van der Waals surface area contributed by atoms with Crippen molar-refractivity contribution in [2.24, 2.45) is 0 Å². The number of aryl methyl sites for hydroxylation is 1. The third-order valence-electron chi connectivity index (χ3n) is 4.53. The topological polar surface area (TPSA) is 69.9 Å². The molecule has 2 aromatic carbocycles. The Morgan fingerprint density at radius 3 is 2.62 bits per heavy atom. The molecule has 0 spiro atoms. The van der Waals surface area contributed by atoms with Gasteiger partial charge in [0, 0.05) is 24.7 Å². The number of aromatic nitrogens is 4. The van der Waals surface area contributed by atoms with Gasteiger partial charge in [-0.25, -0.2) is 15.0 Å². The summed E-state index contributed by atoms with van der Waals surface area (Å²) in [5.41, 5.74) is 2.78. The van der Waals surface area contributed by atoms with Crippen molar-refractivity contribution in [3.05, 3.63) is 88.5 Å². The lowest BCUT2D eigenvalue weighted by molar-refractivity contribution is 0.414. The van der Waals surface area contributed by atoms with E-state index in [1.807, 2.05) is 42.5 Å². The number of thioether (sulfide) groups is 1. The SMILES string of the molecule is COc1cccc(CSc2nc3nccnc3c(=O)n2CCc2ccccc2)c1. The van der Waals surface area contributed by atoms with E-state index in [0.717, 1.165) is 17.7 Å². The second-order valence-electron chi connectivity index (χ2n) is 6.46. The lowest BCUT2D eigenvalue weighted by Crippen LogP contribution is -2.25. The van der Waals surface area contributed by atoms with Gasteiger partial charge < -0.3 is 4.74 Å². The molecule has 0 amide bonds. The predicted molar refractivity (Wildman–Crippen MR) is 114 cm³/mol. The van der Waals surface area contributed by atoms with Gasteiger partial charge in [0.2, 0.25) is 0 Å². The second-order valence-corrected chi connectivity index (χ2v) is 7.40. The Balaban J connectivity index is 1.65. The average molecular weight is 404 g/mol. The van der Waals surface area contributed by atoms with E-state index in [9.17, 15) is 4.79 Å². The molecule has 2 aromatic heterocycles. The van der Waals surface area contributed by atoms with Gasteiger partial charge in [-0.3, -0.25) is 9.36 Å². The summed E-state index contributed by atoms with van der Waals surface area (Å²) in [5.74, 6) is 1.47. The lowest BCUT2D eigenvalue weighted by Gasteiger charge is -2.13. The van der Waals surface area contributed by atoms with Crippen LogP contribution in [-0.4, -0.2) is 26.6 Å². The zero-order chi connectivity index (χ0) is 20.1. The molecular formula is C22H20N4O2S. The second kappa shape index (κ2) is 8.87. The molecule has 29 heavy (non-hydrogen) atoms. The Kier molecular flexibility index (Phi) is 5.86. The van der Waals surface area contributed by atoms with Crippen molar-refractivity contribution in [2.75, 3.05) is 7.11 Å². The van der Waals surface area contributed by atoms with Gasteiger partial charge in [0.25, 0.3) is 5.56 Å². The number of nitrogens with zero attached hydrogens (tertiary/aromatic N) is 4. The first-order chi connectivity index (χ1) is 14.2. The first kappa shape index (κ1) is 19.1. The van der Waals surface area contributed by atoms with Crippen LogP contribution in [-0.2, 0) is 18.7 Å². The van der Waals surface area contributed by atoms with Crippen molar-refractivity contribution in [1.29, 1.82) is 0 Å². The summed E-state index contributed by atoms with van der Waals surface area (Å²) >= 11 is 1.51. The fourth-order valence-electron chi connectivity index (χ4n) is 3.03. The van der Waals surface area contributed by atoms with E-state index in [4.69, 9.17) is 4.74 Å². The van der Waals surface area contributed by atoms with Gasteiger partial charge in [0.15, 0.2) is 16.3 Å². The zero-order valence-electron chi connectivity index (χ0n) is 16.0. The average Bonchev–Trinajstić information content (AvgIpc) is 2.78. The third kappa shape index (κ3) is 4.46. The molecule has 0 atom stereocenters. The van der Waals surface area contributed by atoms with Crippen LogP contribution in [0.5, 0.6) is 5.75 Å². The van der Waals surface area contributed by atoms with E-state index in [2.05, 4.69) is 27.1 Å². The first-order valence-electron chi connectivity index (χ1n) is 9.26. The highest BCUT2D eigenvalue weighted by atomic mass is 32.2. The molecule has 0 aliphatic carbocycles. The lowest BCUT2D eigenvalue weighted by atomic mass is 10.1. The van der Waals surface area contributed by atoms with Gasteiger partial charge in [-0.15, -0.1) is 0 Å². The third-order valence-corrected chi connectivity index (χ3v) is 5.58. The highest BCUT2D eigenvalue weighted by molar-refractivity contribution is 7.98. The molecule has 4 aromatic rings. The van der Waals surface area contributed by atoms with Gasteiger partial charge in [-0.1, -0.05) is 54.2 Å². The molecule has 0 N–H and O–H groups in total. The quantitative estimate of drug-likeness (QED) is 0.345. The van der Waals surface area contributed by atoms with Crippen LogP contribution in [0.2, 0.25) is 0 Å². The van der Waals surface area contributed by atoms with E-state index in [-0.39, 0.29) is 5.56 Å². The summed E-state index contributed by atoms with van der Waals surface area (Å²) in [4.78, 5) is 26.1. The van der Waals surface area contributed by atoms with Crippen molar-refractivity contribution in [2.45, 2.75) is 23.9 Å². The Labute approximate surface area is 172 Å². The molecule has 0 aliphatic rings. The number of rotatable bonds is 7. The molecule has 0 radical (unpaired) electrons. The summed E-state index contributed by atoms with van der Waals surface area (Å²) in [6.45, 7) is 0.531. The van der Waals surface area contributed by atoms with E-state index < -0.39 is 0 Å². The number of hydrogen-bond acceptors (Lipinski definition) is 6. The summed E-state index contributed by atoms with van der Waals surface area (Å²) < 4.78 is 7.00. The van der Waals surface area contributed by atoms with E-state index in [0.29, 0.717) is 28.6 Å². The Hall–Kier alpha value is -3.19. The van der Waals surface area contributed by atoms with Crippen LogP contribution in [0, 0.1) is 0 Å². The van der Waals surface area contributed by atoms with Crippen LogP contribution in [0.3, 0.4) is 0 Å². The van der Waals surface area contributed by atoms with Gasteiger partial charge >= 0.3 is 0 Å². The molecule has 0 fully saturated rings. The van der Waals surface area contributed by atoms with Gasteiger partial charge in [0.05, 0.1) is 7.11 Å². The fourth-order valence-corrected chi connectivity index (χ4v) is 3.99. The van der Waals surface area contributed by atoms with Crippen molar-refractivity contribution >= 4 is 22.9 Å². The van der Waals surface area contributed by atoms with Crippen molar-refractivity contribution in [3.63, 3.8) is 0 Å². The maximum atomic E-state index is 13.1. The summed E-state index contributed by atoms with van der Waals surface area (Å²) in [7, 11) is 1.65. The van der Waals surface area contributed by atoms with Gasteiger partial charge in [-0.05, 0) is 29.7 Å².